The number of nitrogens with one attached hydrogen (secondary N) is 1. The Kier molecular flexibility index (Phi) is 4.12. The third kappa shape index (κ3) is 3.51. The summed E-state index contributed by atoms with van der Waals surface area (Å²) in [5.74, 6) is 0. The summed E-state index contributed by atoms with van der Waals surface area (Å²) in [4.78, 5) is 0. The van der Waals surface area contributed by atoms with Crippen LogP contribution in [0.25, 0.3) is 0 Å². The van der Waals surface area contributed by atoms with E-state index >= 15 is 0 Å². The summed E-state index contributed by atoms with van der Waals surface area (Å²) in [6.45, 7) is 6.02. The first-order valence-corrected chi connectivity index (χ1v) is 6.31. The first-order valence-electron chi connectivity index (χ1n) is 5.93. The third-order valence-corrected chi connectivity index (χ3v) is 3.06. The van der Waals surface area contributed by atoms with E-state index in [1.807, 2.05) is 13.0 Å². The van der Waals surface area contributed by atoms with Crippen molar-refractivity contribution >= 4 is 23.0 Å². The van der Waals surface area contributed by atoms with Gasteiger partial charge < -0.3 is 0 Å². The van der Waals surface area contributed by atoms with Gasteiger partial charge in [0.1, 0.15) is 5.69 Å². The van der Waals surface area contributed by atoms with Crippen LogP contribution in [0, 0.1) is 13.8 Å². The lowest BCUT2D eigenvalue weighted by Crippen LogP contribution is -2.03. The zero-order valence-electron chi connectivity index (χ0n) is 11.1. The number of halogens is 1. The van der Waals surface area contributed by atoms with Crippen molar-refractivity contribution in [3.8, 4) is 0 Å². The van der Waals surface area contributed by atoms with E-state index in [4.69, 9.17) is 11.6 Å². The second-order valence-corrected chi connectivity index (χ2v) is 4.74. The number of hydrogen-bond acceptors (Lipinski definition) is 4. The summed E-state index contributed by atoms with van der Waals surface area (Å²) < 4.78 is 0. The van der Waals surface area contributed by atoms with Crippen molar-refractivity contribution in [2.45, 2.75) is 20.8 Å². The highest BCUT2D eigenvalue weighted by Crippen LogP contribution is 2.14. The van der Waals surface area contributed by atoms with E-state index in [0.717, 1.165) is 11.4 Å². The van der Waals surface area contributed by atoms with Gasteiger partial charge in [0, 0.05) is 0 Å². The number of hydrazone groups is 1. The number of anilines is 1. The third-order valence-electron chi connectivity index (χ3n) is 2.86. The van der Waals surface area contributed by atoms with Crippen molar-refractivity contribution < 1.29 is 0 Å². The Bertz CT molecular complexity index is 605. The fourth-order valence-electron chi connectivity index (χ4n) is 1.53. The van der Waals surface area contributed by atoms with Gasteiger partial charge in [-0.3, -0.25) is 5.43 Å². The molecule has 0 amide bonds. The van der Waals surface area contributed by atoms with E-state index in [9.17, 15) is 0 Å². The van der Waals surface area contributed by atoms with Gasteiger partial charge in [-0.15, -0.1) is 10.2 Å². The molecule has 2 rings (SSSR count). The molecule has 0 radical (unpaired) electrons. The molecule has 0 aliphatic heterocycles. The zero-order valence-corrected chi connectivity index (χ0v) is 11.9. The standard InChI is InChI=1S/C14H15ClN4/c1-9-4-5-12(8-10(9)2)17-16-11(3)13-6-7-14(15)19-18-13/h4-8,17H,1-3H3/b16-11+. The van der Waals surface area contributed by atoms with Gasteiger partial charge in [-0.1, -0.05) is 17.7 Å². The smallest absolute Gasteiger partial charge is 0.151 e. The van der Waals surface area contributed by atoms with Crippen molar-refractivity contribution in [1.29, 1.82) is 0 Å². The molecule has 19 heavy (non-hydrogen) atoms. The number of aromatic nitrogens is 2. The maximum atomic E-state index is 5.69. The molecule has 0 saturated carbocycles. The molecular formula is C14H15ClN4. The molecule has 0 atom stereocenters. The summed E-state index contributed by atoms with van der Waals surface area (Å²) >= 11 is 5.69. The van der Waals surface area contributed by atoms with Gasteiger partial charge in [0.05, 0.1) is 11.4 Å². The highest BCUT2D eigenvalue weighted by atomic mass is 35.5. The maximum absolute atomic E-state index is 5.69. The van der Waals surface area contributed by atoms with E-state index < -0.39 is 0 Å². The molecule has 0 saturated heterocycles. The van der Waals surface area contributed by atoms with Gasteiger partial charge >= 0.3 is 0 Å². The molecule has 4 nitrogen and oxygen atoms in total. The van der Waals surface area contributed by atoms with Crippen molar-refractivity contribution in [2.24, 2.45) is 5.10 Å². The molecule has 2 aromatic rings. The molecule has 1 N–H and O–H groups in total. The van der Waals surface area contributed by atoms with Crippen LogP contribution in [0.3, 0.4) is 0 Å². The molecule has 5 heteroatoms. The average Bonchev–Trinajstić information content (AvgIpc) is 2.40. The van der Waals surface area contributed by atoms with Gasteiger partial charge in [0.15, 0.2) is 5.15 Å². The Labute approximate surface area is 117 Å². The molecule has 0 aliphatic carbocycles. The Morgan fingerprint density at radius 2 is 1.89 bits per heavy atom. The van der Waals surface area contributed by atoms with Crippen LogP contribution in [0.15, 0.2) is 35.4 Å². The van der Waals surface area contributed by atoms with Gasteiger partial charge in [0.2, 0.25) is 0 Å². The molecule has 0 aliphatic rings. The average molecular weight is 275 g/mol. The topological polar surface area (TPSA) is 50.2 Å². The van der Waals surface area contributed by atoms with Gasteiger partial charge in [0.25, 0.3) is 0 Å². The molecule has 98 valence electrons. The minimum atomic E-state index is 0.374. The predicted octanol–water partition coefficient (Wildman–Crippen LogP) is 3.58. The number of rotatable bonds is 3. The Balaban J connectivity index is 2.13. The van der Waals surface area contributed by atoms with Crippen molar-refractivity contribution in [2.75, 3.05) is 5.43 Å². The van der Waals surface area contributed by atoms with Crippen LogP contribution in [0.5, 0.6) is 0 Å². The molecule has 1 aromatic heterocycles. The minimum Gasteiger partial charge on any atom is -0.278 e. The summed E-state index contributed by atoms with van der Waals surface area (Å²) in [6.07, 6.45) is 0. The second kappa shape index (κ2) is 5.80. The Morgan fingerprint density at radius 1 is 1.11 bits per heavy atom. The van der Waals surface area contributed by atoms with Crippen LogP contribution in [-0.4, -0.2) is 15.9 Å². The van der Waals surface area contributed by atoms with E-state index in [2.05, 4.69) is 46.7 Å². The fraction of sp³-hybridized carbons (Fsp3) is 0.214. The lowest BCUT2D eigenvalue weighted by molar-refractivity contribution is 1.01. The predicted molar refractivity (Wildman–Crippen MR) is 78.8 cm³/mol. The van der Waals surface area contributed by atoms with Crippen molar-refractivity contribution in [3.05, 3.63) is 52.3 Å². The van der Waals surface area contributed by atoms with Crippen LogP contribution >= 0.6 is 11.6 Å². The zero-order chi connectivity index (χ0) is 13.8. The molecule has 0 spiro atoms. The lowest BCUT2D eigenvalue weighted by Gasteiger charge is -2.05. The largest absolute Gasteiger partial charge is 0.278 e. The molecule has 0 bridgehead atoms. The van der Waals surface area contributed by atoms with Crippen LogP contribution in [0.2, 0.25) is 5.15 Å². The number of nitrogens with zero attached hydrogens (tertiary/aromatic N) is 3. The van der Waals surface area contributed by atoms with Crippen molar-refractivity contribution in [1.82, 2.24) is 10.2 Å². The van der Waals surface area contributed by atoms with Gasteiger partial charge in [-0.25, -0.2) is 0 Å². The number of aryl methyl sites for hydroxylation is 2. The van der Waals surface area contributed by atoms with Crippen LogP contribution in [0.1, 0.15) is 23.7 Å². The lowest BCUT2D eigenvalue weighted by atomic mass is 10.1. The summed E-state index contributed by atoms with van der Waals surface area (Å²) in [6, 6.07) is 9.59. The first kappa shape index (κ1) is 13.5. The highest BCUT2D eigenvalue weighted by Gasteiger charge is 2.01. The molecular weight excluding hydrogens is 260 g/mol. The van der Waals surface area contributed by atoms with Gasteiger partial charge in [-0.2, -0.15) is 5.10 Å². The molecule has 0 unspecified atom stereocenters. The second-order valence-electron chi connectivity index (χ2n) is 4.35. The quantitative estimate of drug-likeness (QED) is 0.687. The van der Waals surface area contributed by atoms with E-state index in [1.54, 1.807) is 12.1 Å². The number of hydrogen-bond donors (Lipinski definition) is 1. The van der Waals surface area contributed by atoms with Crippen molar-refractivity contribution in [3.63, 3.8) is 0 Å². The normalized spacial score (nSPS) is 11.5. The number of benzene rings is 1. The monoisotopic (exact) mass is 274 g/mol. The molecule has 1 heterocycles. The van der Waals surface area contributed by atoms with Gasteiger partial charge in [-0.05, 0) is 56.2 Å². The van der Waals surface area contributed by atoms with Crippen LogP contribution < -0.4 is 5.43 Å². The Hall–Kier alpha value is -1.94. The van der Waals surface area contributed by atoms with E-state index in [-0.39, 0.29) is 0 Å². The molecule has 0 fully saturated rings. The first-order chi connectivity index (χ1) is 9.06. The van der Waals surface area contributed by atoms with Crippen LogP contribution in [-0.2, 0) is 0 Å². The van der Waals surface area contributed by atoms with E-state index in [1.165, 1.54) is 11.1 Å². The summed E-state index contributed by atoms with van der Waals surface area (Å²) in [7, 11) is 0. The van der Waals surface area contributed by atoms with Crippen LogP contribution in [0.4, 0.5) is 5.69 Å². The summed E-state index contributed by atoms with van der Waals surface area (Å²) in [5, 5.41) is 12.4. The summed E-state index contributed by atoms with van der Waals surface area (Å²) in [5.41, 5.74) is 7.89. The highest BCUT2D eigenvalue weighted by molar-refractivity contribution is 6.29. The Morgan fingerprint density at radius 3 is 2.53 bits per heavy atom. The van der Waals surface area contributed by atoms with E-state index in [0.29, 0.717) is 10.8 Å². The maximum Gasteiger partial charge on any atom is 0.151 e. The fourth-order valence-corrected chi connectivity index (χ4v) is 1.63. The SMILES string of the molecule is C/C(=N\Nc1ccc(C)c(C)c1)c1ccc(Cl)nn1. The molecule has 1 aromatic carbocycles. The minimum absolute atomic E-state index is 0.374.